The van der Waals surface area contributed by atoms with E-state index < -0.39 is 12.6 Å². The Balaban J connectivity index is 1.92. The number of carbonyl (C=O) groups is 2. The Kier molecular flexibility index (Phi) is 6.35. The fraction of sp³-hybridized carbons (Fsp3) is 0.214. The molecule has 0 fully saturated rings. The number of halogens is 2. The van der Waals surface area contributed by atoms with Crippen LogP contribution in [-0.2, 0) is 9.53 Å². The number of thiazole rings is 1. The smallest absolute Gasteiger partial charge is 0.329 e. The highest BCUT2D eigenvalue weighted by Crippen LogP contribution is 2.30. The van der Waals surface area contributed by atoms with E-state index >= 15 is 0 Å². The normalized spacial score (nSPS) is 10.5. The van der Waals surface area contributed by atoms with E-state index in [1.807, 2.05) is 0 Å². The number of benzene rings is 1. The molecule has 2 N–H and O–H groups in total. The predicted octanol–water partition coefficient (Wildman–Crippen LogP) is 2.95. The van der Waals surface area contributed by atoms with E-state index in [1.54, 1.807) is 23.6 Å². The van der Waals surface area contributed by atoms with Gasteiger partial charge in [-0.2, -0.15) is 0 Å². The first-order valence-corrected chi connectivity index (χ1v) is 8.09. The van der Waals surface area contributed by atoms with E-state index in [1.165, 1.54) is 11.3 Å². The molecule has 1 heterocycles. The number of carbonyl (C=O) groups excluding carboxylic acids is 1. The van der Waals surface area contributed by atoms with Crippen molar-refractivity contribution in [2.24, 2.45) is 0 Å². The van der Waals surface area contributed by atoms with Gasteiger partial charge in [0.2, 0.25) is 0 Å². The third-order valence-electron chi connectivity index (χ3n) is 2.66. The van der Waals surface area contributed by atoms with E-state index in [0.717, 1.165) is 5.56 Å². The zero-order valence-electron chi connectivity index (χ0n) is 11.7. The summed E-state index contributed by atoms with van der Waals surface area (Å²) in [5.41, 5.74) is 1.04. The average molecular weight is 375 g/mol. The molecule has 0 aliphatic carbocycles. The molecular weight excluding hydrogens is 363 g/mol. The maximum absolute atomic E-state index is 11.9. The number of aliphatic carboxylic acids is 1. The van der Waals surface area contributed by atoms with Gasteiger partial charge in [0, 0.05) is 17.5 Å². The van der Waals surface area contributed by atoms with Crippen molar-refractivity contribution in [1.29, 1.82) is 0 Å². The van der Waals surface area contributed by atoms with Gasteiger partial charge in [0.25, 0.3) is 5.91 Å². The van der Waals surface area contributed by atoms with Crippen molar-refractivity contribution in [2.45, 2.75) is 0 Å². The van der Waals surface area contributed by atoms with Crippen molar-refractivity contribution in [2.75, 3.05) is 19.8 Å². The molecule has 1 aromatic heterocycles. The Morgan fingerprint density at radius 3 is 2.78 bits per heavy atom. The number of rotatable bonds is 7. The monoisotopic (exact) mass is 374 g/mol. The molecule has 2 aromatic rings. The lowest BCUT2D eigenvalue weighted by molar-refractivity contribution is -0.142. The van der Waals surface area contributed by atoms with Crippen LogP contribution in [0.2, 0.25) is 10.0 Å². The van der Waals surface area contributed by atoms with Gasteiger partial charge in [0.15, 0.2) is 0 Å². The van der Waals surface area contributed by atoms with E-state index in [9.17, 15) is 9.59 Å². The minimum atomic E-state index is -1.05. The first-order valence-electron chi connectivity index (χ1n) is 6.46. The number of hydrogen-bond donors (Lipinski definition) is 2. The lowest BCUT2D eigenvalue weighted by Gasteiger charge is -2.03. The Morgan fingerprint density at radius 1 is 1.30 bits per heavy atom. The molecule has 0 saturated carbocycles. The second-order valence-electron chi connectivity index (χ2n) is 4.37. The van der Waals surface area contributed by atoms with Crippen LogP contribution in [0.3, 0.4) is 0 Å². The first-order chi connectivity index (χ1) is 11.0. The van der Waals surface area contributed by atoms with Gasteiger partial charge >= 0.3 is 5.97 Å². The van der Waals surface area contributed by atoms with E-state index in [4.69, 9.17) is 33.0 Å². The van der Waals surface area contributed by atoms with Gasteiger partial charge in [-0.25, -0.2) is 9.78 Å². The summed E-state index contributed by atoms with van der Waals surface area (Å²) >= 11 is 13.1. The van der Waals surface area contributed by atoms with Gasteiger partial charge in [-0.1, -0.05) is 29.3 Å². The molecule has 0 spiro atoms. The van der Waals surface area contributed by atoms with Crippen LogP contribution in [0.4, 0.5) is 0 Å². The van der Waals surface area contributed by atoms with Crippen LogP contribution >= 0.6 is 34.5 Å². The Hall–Kier alpha value is -1.67. The zero-order chi connectivity index (χ0) is 16.8. The molecule has 0 atom stereocenters. The van der Waals surface area contributed by atoms with Crippen molar-refractivity contribution in [1.82, 2.24) is 10.3 Å². The zero-order valence-corrected chi connectivity index (χ0v) is 14.0. The number of carboxylic acid groups (broad SMARTS) is 1. The van der Waals surface area contributed by atoms with Crippen LogP contribution in [0.5, 0.6) is 0 Å². The summed E-state index contributed by atoms with van der Waals surface area (Å²) in [4.78, 5) is 26.4. The molecule has 1 amide bonds. The Bertz CT molecular complexity index is 721. The van der Waals surface area contributed by atoms with Gasteiger partial charge in [-0.05, 0) is 12.1 Å². The fourth-order valence-electron chi connectivity index (χ4n) is 1.63. The largest absolute Gasteiger partial charge is 0.480 e. The Labute approximate surface area is 146 Å². The third kappa shape index (κ3) is 5.18. The molecule has 0 saturated heterocycles. The third-order valence-corrected chi connectivity index (χ3v) is 4.29. The van der Waals surface area contributed by atoms with Crippen LogP contribution < -0.4 is 5.32 Å². The standard InChI is InChI=1S/C14H12Cl2N2O4S/c15-9-2-1-8(5-10(9)16)14-18-11(7-23-14)13(21)17-3-4-22-6-12(19)20/h1-2,5,7H,3-4,6H2,(H,17,21)(H,19,20). The maximum atomic E-state index is 11.9. The molecule has 23 heavy (non-hydrogen) atoms. The molecule has 0 radical (unpaired) electrons. The molecule has 0 aliphatic rings. The highest BCUT2D eigenvalue weighted by Gasteiger charge is 2.12. The minimum absolute atomic E-state index is 0.113. The number of ether oxygens (including phenoxy) is 1. The summed E-state index contributed by atoms with van der Waals surface area (Å²) in [7, 11) is 0. The van der Waals surface area contributed by atoms with Crippen LogP contribution in [0.1, 0.15) is 10.5 Å². The van der Waals surface area contributed by atoms with E-state index in [2.05, 4.69) is 10.3 Å². The van der Waals surface area contributed by atoms with Gasteiger partial charge in [-0.3, -0.25) is 4.79 Å². The second kappa shape index (κ2) is 8.26. The van der Waals surface area contributed by atoms with Gasteiger partial charge in [0.05, 0.1) is 16.7 Å². The fourth-order valence-corrected chi connectivity index (χ4v) is 2.72. The minimum Gasteiger partial charge on any atom is -0.480 e. The number of amides is 1. The summed E-state index contributed by atoms with van der Waals surface area (Å²) in [6.45, 7) is -0.0817. The molecule has 0 aliphatic heterocycles. The number of nitrogens with one attached hydrogen (secondary N) is 1. The molecule has 0 bridgehead atoms. The van der Waals surface area contributed by atoms with Crippen LogP contribution in [0, 0.1) is 0 Å². The number of aromatic nitrogens is 1. The molecular formula is C14H12Cl2N2O4S. The summed E-state index contributed by atoms with van der Waals surface area (Å²) < 4.78 is 4.82. The topological polar surface area (TPSA) is 88.5 Å². The summed E-state index contributed by atoms with van der Waals surface area (Å²) in [5.74, 6) is -1.41. The SMILES string of the molecule is O=C(O)COCCNC(=O)c1csc(-c2ccc(Cl)c(Cl)c2)n1. The van der Waals surface area contributed by atoms with Crippen molar-refractivity contribution in [3.8, 4) is 10.6 Å². The van der Waals surface area contributed by atoms with Crippen molar-refractivity contribution < 1.29 is 19.4 Å². The molecule has 9 heteroatoms. The predicted molar refractivity (Wildman–Crippen MR) is 88.4 cm³/mol. The number of carboxylic acids is 1. The van der Waals surface area contributed by atoms with Gasteiger partial charge in [0.1, 0.15) is 17.3 Å². The van der Waals surface area contributed by atoms with Crippen LogP contribution in [0.25, 0.3) is 10.6 Å². The lowest BCUT2D eigenvalue weighted by Crippen LogP contribution is -2.28. The number of nitrogens with zero attached hydrogens (tertiary/aromatic N) is 1. The van der Waals surface area contributed by atoms with Crippen molar-refractivity contribution >= 4 is 46.4 Å². The number of hydrogen-bond acceptors (Lipinski definition) is 5. The van der Waals surface area contributed by atoms with Crippen molar-refractivity contribution in [3.05, 3.63) is 39.3 Å². The summed E-state index contributed by atoms with van der Waals surface area (Å²) in [5, 5.41) is 14.2. The molecule has 6 nitrogen and oxygen atoms in total. The highest BCUT2D eigenvalue weighted by atomic mass is 35.5. The second-order valence-corrected chi connectivity index (χ2v) is 6.04. The van der Waals surface area contributed by atoms with E-state index in [0.29, 0.717) is 15.1 Å². The van der Waals surface area contributed by atoms with Crippen LogP contribution in [-0.4, -0.2) is 41.7 Å². The molecule has 0 unspecified atom stereocenters. The summed E-state index contributed by atoms with van der Waals surface area (Å²) in [6, 6.07) is 5.12. The molecule has 1 aromatic carbocycles. The Morgan fingerprint density at radius 2 is 2.09 bits per heavy atom. The quantitative estimate of drug-likeness (QED) is 0.727. The van der Waals surface area contributed by atoms with Crippen molar-refractivity contribution in [3.63, 3.8) is 0 Å². The summed E-state index contributed by atoms with van der Waals surface area (Å²) in [6.07, 6.45) is 0. The first kappa shape index (κ1) is 17.7. The van der Waals surface area contributed by atoms with E-state index in [-0.39, 0.29) is 24.8 Å². The maximum Gasteiger partial charge on any atom is 0.329 e. The average Bonchev–Trinajstić information content (AvgIpc) is 2.99. The molecule has 2 rings (SSSR count). The molecule has 122 valence electrons. The van der Waals surface area contributed by atoms with Gasteiger partial charge < -0.3 is 15.2 Å². The van der Waals surface area contributed by atoms with Crippen LogP contribution in [0.15, 0.2) is 23.6 Å². The highest BCUT2D eigenvalue weighted by molar-refractivity contribution is 7.13. The lowest BCUT2D eigenvalue weighted by atomic mass is 10.2. The van der Waals surface area contributed by atoms with Gasteiger partial charge in [-0.15, -0.1) is 11.3 Å².